The average Bonchev–Trinajstić information content (AvgIpc) is 3.93. The van der Waals surface area contributed by atoms with Crippen molar-refractivity contribution in [1.82, 2.24) is 24.5 Å². The summed E-state index contributed by atoms with van der Waals surface area (Å²) in [6.07, 6.45) is 0. The van der Waals surface area contributed by atoms with Gasteiger partial charge in [-0.25, -0.2) is 19.9 Å². The fourth-order valence-electron chi connectivity index (χ4n) is 9.37. The Labute approximate surface area is 372 Å². The molecule has 0 saturated carbocycles. The number of thiophene rings is 1. The summed E-state index contributed by atoms with van der Waals surface area (Å²) in [5.74, 6) is 1.87. The predicted octanol–water partition coefficient (Wildman–Crippen LogP) is 15.4. The SMILES string of the molecule is c1ccc(-c2nc(-c3ccc(-c4ccc(-c5nc6c7ccccc7ccc6c6sc7ccccc7c56)cc4)cc3)nc(-c3cccc(-n4c5ccccc5c5ccccc54)c3)n2)cc1. The fraction of sp³-hybridized carbons (Fsp3) is 0. The molecule has 0 unspecified atom stereocenters. The molecular formula is C58H35N5S. The van der Waals surface area contributed by atoms with E-state index in [-0.39, 0.29) is 0 Å². The largest absolute Gasteiger partial charge is 0.309 e. The first kappa shape index (κ1) is 36.3. The van der Waals surface area contributed by atoms with Crippen molar-refractivity contribution < 1.29 is 0 Å². The Morgan fingerprint density at radius 2 is 0.875 bits per heavy atom. The van der Waals surface area contributed by atoms with Gasteiger partial charge < -0.3 is 4.57 Å². The molecular weight excluding hydrogens is 799 g/mol. The quantitative estimate of drug-likeness (QED) is 0.157. The lowest BCUT2D eigenvalue weighted by Gasteiger charge is -2.12. The minimum atomic E-state index is 0.619. The van der Waals surface area contributed by atoms with E-state index < -0.39 is 0 Å². The van der Waals surface area contributed by atoms with E-state index in [0.717, 1.165) is 61.3 Å². The molecule has 9 aromatic carbocycles. The number of nitrogens with zero attached hydrogens (tertiary/aromatic N) is 5. The molecule has 0 saturated heterocycles. The molecule has 13 rings (SSSR count). The summed E-state index contributed by atoms with van der Waals surface area (Å²) >= 11 is 1.85. The fourth-order valence-corrected chi connectivity index (χ4v) is 10.6. The minimum absolute atomic E-state index is 0.619. The number of pyridine rings is 1. The smallest absolute Gasteiger partial charge is 0.164 e. The van der Waals surface area contributed by atoms with E-state index >= 15 is 0 Å². The molecule has 0 spiro atoms. The maximum Gasteiger partial charge on any atom is 0.164 e. The average molecular weight is 834 g/mol. The molecule has 13 aromatic rings. The number of rotatable bonds is 6. The summed E-state index contributed by atoms with van der Waals surface area (Å²) in [6.45, 7) is 0. The van der Waals surface area contributed by atoms with E-state index in [4.69, 9.17) is 19.9 Å². The summed E-state index contributed by atoms with van der Waals surface area (Å²) in [6, 6.07) is 74.9. The number of fused-ring (bicyclic) bond motifs is 10. The van der Waals surface area contributed by atoms with Gasteiger partial charge in [-0.2, -0.15) is 0 Å². The van der Waals surface area contributed by atoms with Gasteiger partial charge in [0.2, 0.25) is 0 Å². The van der Waals surface area contributed by atoms with E-state index in [9.17, 15) is 0 Å². The van der Waals surface area contributed by atoms with Crippen molar-refractivity contribution in [3.8, 4) is 62.2 Å². The Morgan fingerprint density at radius 1 is 0.344 bits per heavy atom. The van der Waals surface area contributed by atoms with Crippen LogP contribution in [0, 0.1) is 0 Å². The lowest BCUT2D eigenvalue weighted by molar-refractivity contribution is 1.07. The van der Waals surface area contributed by atoms with Crippen molar-refractivity contribution in [3.63, 3.8) is 0 Å². The van der Waals surface area contributed by atoms with Crippen LogP contribution in [0.25, 0.3) is 126 Å². The topological polar surface area (TPSA) is 56.5 Å². The molecule has 0 bridgehead atoms. The van der Waals surface area contributed by atoms with Crippen molar-refractivity contribution in [2.24, 2.45) is 0 Å². The van der Waals surface area contributed by atoms with Crippen LogP contribution in [0.2, 0.25) is 0 Å². The van der Waals surface area contributed by atoms with Gasteiger partial charge in [-0.05, 0) is 46.8 Å². The lowest BCUT2D eigenvalue weighted by atomic mass is 9.98. The summed E-state index contributed by atoms with van der Waals surface area (Å²) in [5, 5.41) is 8.47. The second-order valence-electron chi connectivity index (χ2n) is 16.2. The molecule has 0 atom stereocenters. The van der Waals surface area contributed by atoms with Gasteiger partial charge in [0.05, 0.1) is 22.2 Å². The Balaban J connectivity index is 0.879. The highest BCUT2D eigenvalue weighted by atomic mass is 32.1. The molecule has 0 aliphatic carbocycles. The summed E-state index contributed by atoms with van der Waals surface area (Å²) < 4.78 is 4.87. The maximum absolute atomic E-state index is 5.46. The zero-order valence-electron chi connectivity index (χ0n) is 34.4. The van der Waals surface area contributed by atoms with Crippen LogP contribution in [0.15, 0.2) is 212 Å². The van der Waals surface area contributed by atoms with Gasteiger partial charge in [0.25, 0.3) is 0 Å². The normalized spacial score (nSPS) is 11.8. The van der Waals surface area contributed by atoms with Crippen molar-refractivity contribution in [2.45, 2.75) is 0 Å². The molecule has 64 heavy (non-hydrogen) atoms. The second-order valence-corrected chi connectivity index (χ2v) is 17.2. The molecule has 0 N–H and O–H groups in total. The van der Waals surface area contributed by atoms with Gasteiger partial charge in [0.15, 0.2) is 17.5 Å². The highest BCUT2D eigenvalue weighted by Gasteiger charge is 2.19. The molecule has 4 heterocycles. The monoisotopic (exact) mass is 833 g/mol. The number of para-hydroxylation sites is 2. The van der Waals surface area contributed by atoms with E-state index in [2.05, 4.69) is 187 Å². The molecule has 4 aromatic heterocycles. The van der Waals surface area contributed by atoms with Crippen molar-refractivity contribution >= 4 is 75.0 Å². The van der Waals surface area contributed by atoms with E-state index in [0.29, 0.717) is 17.5 Å². The van der Waals surface area contributed by atoms with Crippen molar-refractivity contribution in [2.75, 3.05) is 0 Å². The zero-order valence-corrected chi connectivity index (χ0v) is 35.2. The number of aromatic nitrogens is 5. The highest BCUT2D eigenvalue weighted by Crippen LogP contribution is 2.44. The molecule has 0 radical (unpaired) electrons. The van der Waals surface area contributed by atoms with Crippen molar-refractivity contribution in [1.29, 1.82) is 0 Å². The summed E-state index contributed by atoms with van der Waals surface area (Å²) in [7, 11) is 0. The third kappa shape index (κ3) is 5.92. The highest BCUT2D eigenvalue weighted by molar-refractivity contribution is 7.26. The first-order valence-electron chi connectivity index (χ1n) is 21.5. The first-order chi connectivity index (χ1) is 31.7. The van der Waals surface area contributed by atoms with Crippen LogP contribution >= 0.6 is 11.3 Å². The number of benzene rings is 9. The van der Waals surface area contributed by atoms with Crippen LogP contribution in [-0.4, -0.2) is 24.5 Å². The standard InChI is InChI=1S/C58H35N5S/c1-2-14-40(15-3-1)56-60-57(62-58(61-56)42-16-12-17-43(35-42)63-49-22-9-6-19-45(49)46-20-7-10-23-50(46)63)41-31-27-37(28-32-41)36-25-29-39(30-26-36)53-52-47-21-8-11-24-51(47)64-55(52)48-34-33-38-13-4-5-18-44(38)54(48)59-53/h1-35H. The molecule has 298 valence electrons. The molecule has 0 aliphatic rings. The molecule has 6 heteroatoms. The van der Waals surface area contributed by atoms with E-state index in [1.807, 2.05) is 41.7 Å². The second kappa shape index (κ2) is 14.7. The number of hydrogen-bond donors (Lipinski definition) is 0. The minimum Gasteiger partial charge on any atom is -0.309 e. The van der Waals surface area contributed by atoms with Crippen LogP contribution in [0.1, 0.15) is 0 Å². The van der Waals surface area contributed by atoms with Gasteiger partial charge in [-0.15, -0.1) is 11.3 Å². The Kier molecular flexibility index (Phi) is 8.32. The van der Waals surface area contributed by atoms with Gasteiger partial charge >= 0.3 is 0 Å². The van der Waals surface area contributed by atoms with Crippen LogP contribution in [0.3, 0.4) is 0 Å². The van der Waals surface area contributed by atoms with E-state index in [1.165, 1.54) is 47.1 Å². The van der Waals surface area contributed by atoms with Gasteiger partial charge in [-0.1, -0.05) is 182 Å². The third-order valence-electron chi connectivity index (χ3n) is 12.4. The van der Waals surface area contributed by atoms with Crippen LogP contribution in [0.4, 0.5) is 0 Å². The molecule has 0 aliphatic heterocycles. The number of hydrogen-bond acceptors (Lipinski definition) is 5. The first-order valence-corrected chi connectivity index (χ1v) is 22.3. The van der Waals surface area contributed by atoms with Crippen LogP contribution in [-0.2, 0) is 0 Å². The molecule has 0 fully saturated rings. The van der Waals surface area contributed by atoms with E-state index in [1.54, 1.807) is 0 Å². The molecule has 5 nitrogen and oxygen atoms in total. The molecule has 0 amide bonds. The Morgan fingerprint density at radius 3 is 1.58 bits per heavy atom. The Hall–Kier alpha value is -8.32. The zero-order chi connectivity index (χ0) is 42.1. The third-order valence-corrected chi connectivity index (χ3v) is 13.6. The summed E-state index contributed by atoms with van der Waals surface area (Å²) in [5.41, 5.74) is 11.5. The van der Waals surface area contributed by atoms with Crippen LogP contribution in [0.5, 0.6) is 0 Å². The summed E-state index contributed by atoms with van der Waals surface area (Å²) in [4.78, 5) is 20.7. The van der Waals surface area contributed by atoms with Gasteiger partial charge in [0.1, 0.15) is 0 Å². The maximum atomic E-state index is 5.46. The lowest BCUT2D eigenvalue weighted by Crippen LogP contribution is -2.01. The van der Waals surface area contributed by atoms with Crippen LogP contribution < -0.4 is 0 Å². The van der Waals surface area contributed by atoms with Crippen molar-refractivity contribution in [3.05, 3.63) is 212 Å². The van der Waals surface area contributed by atoms with Gasteiger partial charge in [0, 0.05) is 69.7 Å². The Bertz CT molecular complexity index is 3890. The predicted molar refractivity (Wildman–Crippen MR) is 267 cm³/mol. The van der Waals surface area contributed by atoms with Gasteiger partial charge in [-0.3, -0.25) is 0 Å².